The Hall–Kier alpha value is -2.27. The molecule has 1 atom stereocenters. The largest absolute Gasteiger partial charge is 0.370 e. The first-order valence-electron chi connectivity index (χ1n) is 6.80. The highest BCUT2D eigenvalue weighted by atomic mass is 19.1. The molecule has 2 aromatic rings. The van der Waals surface area contributed by atoms with Crippen molar-refractivity contribution in [2.24, 2.45) is 0 Å². The number of amides is 1. The first kappa shape index (κ1) is 13.7. The Bertz CT molecular complexity index is 616. The molecule has 5 heteroatoms. The fourth-order valence-corrected chi connectivity index (χ4v) is 2.38. The smallest absolute Gasteiger partial charge is 0.255 e. The second kappa shape index (κ2) is 6.01. The lowest BCUT2D eigenvalue weighted by Crippen LogP contribution is -2.42. The summed E-state index contributed by atoms with van der Waals surface area (Å²) >= 11 is 0. The average molecular weight is 286 g/mol. The normalized spacial score (nSPS) is 18.5. The van der Waals surface area contributed by atoms with Crippen LogP contribution in [0.5, 0.6) is 0 Å². The zero-order valence-corrected chi connectivity index (χ0v) is 11.4. The second-order valence-electron chi connectivity index (χ2n) is 4.90. The number of carbonyl (C=O) groups is 1. The van der Waals surface area contributed by atoms with Crippen LogP contribution in [-0.4, -0.2) is 35.5 Å². The third-order valence-corrected chi connectivity index (χ3v) is 3.50. The van der Waals surface area contributed by atoms with Crippen LogP contribution in [0.25, 0.3) is 0 Å². The van der Waals surface area contributed by atoms with Gasteiger partial charge < -0.3 is 9.64 Å². The van der Waals surface area contributed by atoms with E-state index in [2.05, 4.69) is 4.98 Å². The maximum Gasteiger partial charge on any atom is 0.255 e. The number of carbonyl (C=O) groups excluding carboxylic acids is 1. The summed E-state index contributed by atoms with van der Waals surface area (Å²) in [6, 6.07) is 9.68. The van der Waals surface area contributed by atoms with E-state index in [4.69, 9.17) is 4.74 Å². The molecule has 21 heavy (non-hydrogen) atoms. The van der Waals surface area contributed by atoms with E-state index in [1.807, 2.05) is 0 Å². The fraction of sp³-hybridized carbons (Fsp3) is 0.250. The molecule has 1 aliphatic rings. The van der Waals surface area contributed by atoms with Gasteiger partial charge >= 0.3 is 0 Å². The molecule has 0 spiro atoms. The number of morpholine rings is 1. The van der Waals surface area contributed by atoms with Crippen LogP contribution in [0, 0.1) is 5.82 Å². The Morgan fingerprint density at radius 1 is 1.29 bits per heavy atom. The summed E-state index contributed by atoms with van der Waals surface area (Å²) in [5.74, 6) is -0.337. The van der Waals surface area contributed by atoms with E-state index in [0.29, 0.717) is 25.3 Å². The van der Waals surface area contributed by atoms with Crippen molar-refractivity contribution in [3.05, 3.63) is 65.7 Å². The molecule has 1 aromatic heterocycles. The predicted molar refractivity (Wildman–Crippen MR) is 75.2 cm³/mol. The fourth-order valence-electron chi connectivity index (χ4n) is 2.38. The van der Waals surface area contributed by atoms with Gasteiger partial charge in [-0.3, -0.25) is 9.78 Å². The summed E-state index contributed by atoms with van der Waals surface area (Å²) in [5.41, 5.74) is 1.44. The van der Waals surface area contributed by atoms with Gasteiger partial charge in [0.1, 0.15) is 11.9 Å². The van der Waals surface area contributed by atoms with Crippen LogP contribution < -0.4 is 0 Å². The molecule has 1 saturated heterocycles. The van der Waals surface area contributed by atoms with E-state index in [1.54, 1.807) is 41.6 Å². The molecular formula is C16H15FN2O2. The lowest BCUT2D eigenvalue weighted by Gasteiger charge is -2.33. The Labute approximate surface area is 122 Å². The molecule has 0 unspecified atom stereocenters. The number of halogens is 1. The maximum atomic E-state index is 13.0. The van der Waals surface area contributed by atoms with Gasteiger partial charge in [0.05, 0.1) is 18.7 Å². The highest BCUT2D eigenvalue weighted by Crippen LogP contribution is 2.23. The zero-order valence-electron chi connectivity index (χ0n) is 11.4. The van der Waals surface area contributed by atoms with Crippen molar-refractivity contribution < 1.29 is 13.9 Å². The summed E-state index contributed by atoms with van der Waals surface area (Å²) in [5, 5.41) is 0. The second-order valence-corrected chi connectivity index (χ2v) is 4.90. The van der Waals surface area contributed by atoms with E-state index < -0.39 is 0 Å². The minimum absolute atomic E-state index is 0.0569. The molecule has 0 saturated carbocycles. The molecule has 2 heterocycles. The number of pyridine rings is 1. The Morgan fingerprint density at radius 3 is 2.81 bits per heavy atom. The standard InChI is InChI=1S/C16H15FN2O2/c17-14-5-3-12(4-6-14)15-11-19(8-9-21-15)16(20)13-2-1-7-18-10-13/h1-7,10,15H,8-9,11H2/t15-/m0/s1. The number of aromatic nitrogens is 1. The SMILES string of the molecule is O=C(c1cccnc1)N1CCO[C@H](c2ccc(F)cc2)C1. The van der Waals surface area contributed by atoms with Crippen LogP contribution >= 0.6 is 0 Å². The summed E-state index contributed by atoms with van der Waals surface area (Å²) in [6.07, 6.45) is 2.97. The quantitative estimate of drug-likeness (QED) is 0.851. The average Bonchev–Trinajstić information content (AvgIpc) is 2.56. The summed E-state index contributed by atoms with van der Waals surface area (Å²) in [6.45, 7) is 1.47. The number of nitrogens with zero attached hydrogens (tertiary/aromatic N) is 2. The van der Waals surface area contributed by atoms with E-state index in [1.165, 1.54) is 12.1 Å². The van der Waals surface area contributed by atoms with Crippen LogP contribution in [0.4, 0.5) is 4.39 Å². The van der Waals surface area contributed by atoms with Crippen molar-refractivity contribution >= 4 is 5.91 Å². The van der Waals surface area contributed by atoms with Crippen molar-refractivity contribution in [2.45, 2.75) is 6.10 Å². The molecule has 1 aliphatic heterocycles. The van der Waals surface area contributed by atoms with E-state index >= 15 is 0 Å². The summed E-state index contributed by atoms with van der Waals surface area (Å²) in [4.78, 5) is 18.1. The first-order valence-corrected chi connectivity index (χ1v) is 6.80. The molecule has 0 bridgehead atoms. The number of benzene rings is 1. The minimum atomic E-state index is -0.280. The molecule has 1 aromatic carbocycles. The molecule has 1 fully saturated rings. The van der Waals surface area contributed by atoms with Gasteiger partial charge in [-0.05, 0) is 29.8 Å². The minimum Gasteiger partial charge on any atom is -0.370 e. The molecule has 4 nitrogen and oxygen atoms in total. The van der Waals surface area contributed by atoms with Gasteiger partial charge in [0.2, 0.25) is 0 Å². The van der Waals surface area contributed by atoms with Crippen molar-refractivity contribution in [3.8, 4) is 0 Å². The lowest BCUT2D eigenvalue weighted by molar-refractivity contribution is -0.0228. The third kappa shape index (κ3) is 3.08. The Morgan fingerprint density at radius 2 is 2.10 bits per heavy atom. The molecule has 108 valence electrons. The maximum absolute atomic E-state index is 13.0. The van der Waals surface area contributed by atoms with Crippen LogP contribution in [-0.2, 0) is 4.74 Å². The van der Waals surface area contributed by atoms with Gasteiger partial charge in [0.25, 0.3) is 5.91 Å². The Balaban J connectivity index is 1.74. The number of ether oxygens (including phenoxy) is 1. The molecule has 1 amide bonds. The highest BCUT2D eigenvalue weighted by Gasteiger charge is 2.26. The van der Waals surface area contributed by atoms with Crippen molar-refractivity contribution in [1.82, 2.24) is 9.88 Å². The third-order valence-electron chi connectivity index (χ3n) is 3.50. The lowest BCUT2D eigenvalue weighted by atomic mass is 10.1. The van der Waals surface area contributed by atoms with Gasteiger partial charge in [-0.15, -0.1) is 0 Å². The summed E-state index contributed by atoms with van der Waals surface area (Å²) < 4.78 is 18.7. The number of hydrogen-bond acceptors (Lipinski definition) is 3. The number of rotatable bonds is 2. The van der Waals surface area contributed by atoms with Crippen LogP contribution in [0.15, 0.2) is 48.8 Å². The Kier molecular flexibility index (Phi) is 3.92. The number of hydrogen-bond donors (Lipinski definition) is 0. The molecule has 0 aliphatic carbocycles. The van der Waals surface area contributed by atoms with Gasteiger partial charge in [0.15, 0.2) is 0 Å². The van der Waals surface area contributed by atoms with E-state index in [-0.39, 0.29) is 17.8 Å². The van der Waals surface area contributed by atoms with E-state index in [9.17, 15) is 9.18 Å². The van der Waals surface area contributed by atoms with Gasteiger partial charge in [-0.2, -0.15) is 0 Å². The van der Waals surface area contributed by atoms with Gasteiger partial charge in [-0.1, -0.05) is 12.1 Å². The molecular weight excluding hydrogens is 271 g/mol. The highest BCUT2D eigenvalue weighted by molar-refractivity contribution is 5.93. The van der Waals surface area contributed by atoms with Crippen LogP contribution in [0.2, 0.25) is 0 Å². The van der Waals surface area contributed by atoms with Gasteiger partial charge in [-0.25, -0.2) is 4.39 Å². The predicted octanol–water partition coefficient (Wildman–Crippen LogP) is 2.43. The van der Waals surface area contributed by atoms with Gasteiger partial charge in [0, 0.05) is 18.9 Å². The monoisotopic (exact) mass is 286 g/mol. The molecule has 3 rings (SSSR count). The zero-order chi connectivity index (χ0) is 14.7. The van der Waals surface area contributed by atoms with Crippen LogP contribution in [0.3, 0.4) is 0 Å². The van der Waals surface area contributed by atoms with E-state index in [0.717, 1.165) is 5.56 Å². The topological polar surface area (TPSA) is 42.4 Å². The first-order chi connectivity index (χ1) is 10.2. The molecule has 0 radical (unpaired) electrons. The van der Waals surface area contributed by atoms with Crippen molar-refractivity contribution in [2.75, 3.05) is 19.7 Å². The molecule has 0 N–H and O–H groups in total. The van der Waals surface area contributed by atoms with Crippen molar-refractivity contribution in [1.29, 1.82) is 0 Å². The summed E-state index contributed by atoms with van der Waals surface area (Å²) in [7, 11) is 0. The van der Waals surface area contributed by atoms with Crippen molar-refractivity contribution in [3.63, 3.8) is 0 Å². The van der Waals surface area contributed by atoms with Crippen LogP contribution in [0.1, 0.15) is 22.0 Å².